The Hall–Kier alpha value is -1.29. The number of carbonyl (C=O) groups excluding carboxylic acids is 1. The average Bonchev–Trinajstić information content (AvgIpc) is 2.30. The summed E-state index contributed by atoms with van der Waals surface area (Å²) in [6.45, 7) is 5.43. The zero-order valence-electron chi connectivity index (χ0n) is 8.76. The number of anilines is 1. The highest BCUT2D eigenvalue weighted by molar-refractivity contribution is 5.90. The molecule has 0 aromatic carbocycles. The molecule has 4 heteroatoms. The van der Waals surface area contributed by atoms with E-state index in [9.17, 15) is 4.79 Å². The van der Waals surface area contributed by atoms with Crippen molar-refractivity contribution in [3.8, 4) is 0 Å². The lowest BCUT2D eigenvalue weighted by molar-refractivity contribution is -0.117. The zero-order valence-corrected chi connectivity index (χ0v) is 8.76. The fraction of sp³-hybridized carbons (Fsp3) is 0.500. The van der Waals surface area contributed by atoms with Crippen molar-refractivity contribution < 1.29 is 9.21 Å². The van der Waals surface area contributed by atoms with E-state index in [4.69, 9.17) is 10.2 Å². The Kier molecular flexibility index (Phi) is 2.96. The second-order valence-corrected chi connectivity index (χ2v) is 4.12. The molecule has 1 amide bonds. The standard InChI is InChI=1S/C10H16N2O2/c1-7-4-5-9(14-7)12-8(13)6-10(2,3)11/h4-5H,6,11H2,1-3H3,(H,12,13). The summed E-state index contributed by atoms with van der Waals surface area (Å²) >= 11 is 0. The van der Waals surface area contributed by atoms with Crippen LogP contribution in [0.3, 0.4) is 0 Å². The van der Waals surface area contributed by atoms with E-state index in [-0.39, 0.29) is 12.3 Å². The Morgan fingerprint density at radius 3 is 2.64 bits per heavy atom. The molecule has 14 heavy (non-hydrogen) atoms. The first-order chi connectivity index (χ1) is 6.37. The van der Waals surface area contributed by atoms with Gasteiger partial charge in [-0.2, -0.15) is 0 Å². The molecule has 1 heterocycles. The van der Waals surface area contributed by atoms with E-state index in [1.165, 1.54) is 0 Å². The molecule has 1 rings (SSSR count). The van der Waals surface area contributed by atoms with Gasteiger partial charge in [-0.3, -0.25) is 10.1 Å². The summed E-state index contributed by atoms with van der Waals surface area (Å²) in [6.07, 6.45) is 0.271. The topological polar surface area (TPSA) is 68.3 Å². The average molecular weight is 196 g/mol. The molecule has 0 aliphatic carbocycles. The highest BCUT2D eigenvalue weighted by Crippen LogP contribution is 2.13. The van der Waals surface area contributed by atoms with Crippen LogP contribution in [0.5, 0.6) is 0 Å². The van der Waals surface area contributed by atoms with Crippen LogP contribution in [0.25, 0.3) is 0 Å². The van der Waals surface area contributed by atoms with Gasteiger partial charge in [0.25, 0.3) is 0 Å². The maximum Gasteiger partial charge on any atom is 0.228 e. The third kappa shape index (κ3) is 3.62. The summed E-state index contributed by atoms with van der Waals surface area (Å²) in [5.41, 5.74) is 5.21. The number of rotatable bonds is 3. The molecule has 1 aromatic heterocycles. The first kappa shape index (κ1) is 10.8. The van der Waals surface area contributed by atoms with Gasteiger partial charge in [0, 0.05) is 18.0 Å². The fourth-order valence-electron chi connectivity index (χ4n) is 1.10. The van der Waals surface area contributed by atoms with E-state index in [1.807, 2.05) is 6.92 Å². The summed E-state index contributed by atoms with van der Waals surface area (Å²) in [7, 11) is 0. The third-order valence-corrected chi connectivity index (χ3v) is 1.62. The van der Waals surface area contributed by atoms with Gasteiger partial charge < -0.3 is 10.2 Å². The normalized spacial score (nSPS) is 11.4. The second-order valence-electron chi connectivity index (χ2n) is 4.12. The smallest absolute Gasteiger partial charge is 0.228 e. The van der Waals surface area contributed by atoms with Crippen molar-refractivity contribution in [1.82, 2.24) is 0 Å². The van der Waals surface area contributed by atoms with Crippen LogP contribution in [-0.2, 0) is 4.79 Å². The lowest BCUT2D eigenvalue weighted by Crippen LogP contribution is -2.36. The van der Waals surface area contributed by atoms with E-state index in [1.54, 1.807) is 26.0 Å². The molecule has 0 unspecified atom stereocenters. The summed E-state index contributed by atoms with van der Waals surface area (Å²) < 4.78 is 5.20. The Bertz CT molecular complexity index is 323. The maximum absolute atomic E-state index is 11.4. The summed E-state index contributed by atoms with van der Waals surface area (Å²) in [6, 6.07) is 3.51. The number of hydrogen-bond acceptors (Lipinski definition) is 3. The molecular formula is C10H16N2O2. The van der Waals surface area contributed by atoms with Crippen molar-refractivity contribution in [1.29, 1.82) is 0 Å². The molecule has 1 aromatic rings. The third-order valence-electron chi connectivity index (χ3n) is 1.62. The van der Waals surface area contributed by atoms with E-state index in [0.29, 0.717) is 5.88 Å². The predicted molar refractivity (Wildman–Crippen MR) is 55.0 cm³/mol. The van der Waals surface area contributed by atoms with Gasteiger partial charge in [0.2, 0.25) is 5.91 Å². The lowest BCUT2D eigenvalue weighted by Gasteiger charge is -2.16. The Labute approximate surface area is 83.5 Å². The van der Waals surface area contributed by atoms with Crippen LogP contribution in [0.4, 0.5) is 5.88 Å². The van der Waals surface area contributed by atoms with Crippen molar-refractivity contribution >= 4 is 11.8 Å². The van der Waals surface area contributed by atoms with Gasteiger partial charge in [-0.25, -0.2) is 0 Å². The molecule has 0 bridgehead atoms. The molecule has 0 aliphatic rings. The molecule has 0 fully saturated rings. The molecule has 0 saturated heterocycles. The molecule has 0 saturated carbocycles. The van der Waals surface area contributed by atoms with Gasteiger partial charge in [-0.05, 0) is 26.8 Å². The van der Waals surface area contributed by atoms with Gasteiger partial charge >= 0.3 is 0 Å². The number of furan rings is 1. The number of hydrogen-bond donors (Lipinski definition) is 2. The van der Waals surface area contributed by atoms with Crippen molar-refractivity contribution in [3.63, 3.8) is 0 Å². The molecular weight excluding hydrogens is 180 g/mol. The van der Waals surface area contributed by atoms with E-state index < -0.39 is 5.54 Å². The minimum absolute atomic E-state index is 0.133. The largest absolute Gasteiger partial charge is 0.446 e. The van der Waals surface area contributed by atoms with Gasteiger partial charge in [0.15, 0.2) is 5.88 Å². The molecule has 0 radical (unpaired) electrons. The predicted octanol–water partition coefficient (Wildman–Crippen LogP) is 1.65. The molecule has 78 valence electrons. The molecule has 0 aliphatic heterocycles. The minimum atomic E-state index is -0.494. The highest BCUT2D eigenvalue weighted by Gasteiger charge is 2.16. The molecule has 0 atom stereocenters. The van der Waals surface area contributed by atoms with Gasteiger partial charge in [0.05, 0.1) is 0 Å². The van der Waals surface area contributed by atoms with Crippen LogP contribution in [-0.4, -0.2) is 11.4 Å². The minimum Gasteiger partial charge on any atom is -0.446 e. The zero-order chi connectivity index (χ0) is 10.8. The number of nitrogens with one attached hydrogen (secondary N) is 1. The fourth-order valence-corrected chi connectivity index (χ4v) is 1.10. The summed E-state index contributed by atoms with van der Waals surface area (Å²) in [5.74, 6) is 1.11. The van der Waals surface area contributed by atoms with Crippen molar-refractivity contribution in [3.05, 3.63) is 17.9 Å². The first-order valence-corrected chi connectivity index (χ1v) is 4.52. The summed E-state index contributed by atoms with van der Waals surface area (Å²) in [4.78, 5) is 11.4. The summed E-state index contributed by atoms with van der Waals surface area (Å²) in [5, 5.41) is 2.63. The van der Waals surface area contributed by atoms with Crippen LogP contribution < -0.4 is 11.1 Å². The second kappa shape index (κ2) is 3.84. The SMILES string of the molecule is Cc1ccc(NC(=O)CC(C)(C)N)o1. The van der Waals surface area contributed by atoms with Gasteiger partial charge in [-0.15, -0.1) is 0 Å². The monoisotopic (exact) mass is 196 g/mol. The van der Waals surface area contributed by atoms with Crippen LogP contribution >= 0.6 is 0 Å². The van der Waals surface area contributed by atoms with Crippen molar-refractivity contribution in [2.75, 3.05) is 5.32 Å². The van der Waals surface area contributed by atoms with Crippen LogP contribution in [0.1, 0.15) is 26.0 Å². The molecule has 0 spiro atoms. The number of carbonyl (C=O) groups is 1. The highest BCUT2D eigenvalue weighted by atomic mass is 16.4. The van der Waals surface area contributed by atoms with Crippen molar-refractivity contribution in [2.45, 2.75) is 32.7 Å². The maximum atomic E-state index is 11.4. The number of nitrogens with two attached hydrogens (primary N) is 1. The molecule has 4 nitrogen and oxygen atoms in total. The number of aryl methyl sites for hydroxylation is 1. The quantitative estimate of drug-likeness (QED) is 0.772. The van der Waals surface area contributed by atoms with E-state index in [2.05, 4.69) is 5.32 Å². The van der Waals surface area contributed by atoms with Crippen molar-refractivity contribution in [2.24, 2.45) is 5.73 Å². The van der Waals surface area contributed by atoms with Crippen LogP contribution in [0.2, 0.25) is 0 Å². The Morgan fingerprint density at radius 1 is 1.57 bits per heavy atom. The van der Waals surface area contributed by atoms with E-state index >= 15 is 0 Å². The number of amides is 1. The van der Waals surface area contributed by atoms with E-state index in [0.717, 1.165) is 5.76 Å². The lowest BCUT2D eigenvalue weighted by atomic mass is 10.0. The van der Waals surface area contributed by atoms with Gasteiger partial charge in [-0.1, -0.05) is 0 Å². The first-order valence-electron chi connectivity index (χ1n) is 4.52. The Balaban J connectivity index is 2.50. The Morgan fingerprint density at radius 2 is 2.21 bits per heavy atom. The molecule has 3 N–H and O–H groups in total. The van der Waals surface area contributed by atoms with Crippen LogP contribution in [0, 0.1) is 6.92 Å². The van der Waals surface area contributed by atoms with Crippen LogP contribution in [0.15, 0.2) is 16.5 Å². The van der Waals surface area contributed by atoms with Gasteiger partial charge in [0.1, 0.15) is 5.76 Å².